The maximum Gasteiger partial charge on any atom is 0.274 e. The number of hydrogen-bond acceptors (Lipinski definition) is 6. The van der Waals surface area contributed by atoms with Crippen LogP contribution in [0.4, 0.5) is 0 Å². The number of amides is 1. The van der Waals surface area contributed by atoms with E-state index in [2.05, 4.69) is 15.0 Å². The maximum atomic E-state index is 13.1. The average molecular weight is 482 g/mol. The molecule has 1 fully saturated rings. The Labute approximate surface area is 202 Å². The van der Waals surface area contributed by atoms with Crippen LogP contribution < -0.4 is 4.74 Å². The predicted molar refractivity (Wildman–Crippen MR) is 124 cm³/mol. The molecule has 3 aromatic rings. The lowest BCUT2D eigenvalue weighted by molar-refractivity contribution is 0.0778. The zero-order chi connectivity index (χ0) is 23.4. The van der Waals surface area contributed by atoms with E-state index < -0.39 is 0 Å². The van der Waals surface area contributed by atoms with E-state index in [1.54, 1.807) is 29.3 Å². The summed E-state index contributed by atoms with van der Waals surface area (Å²) in [7, 11) is 0. The molecule has 0 N–H and O–H groups in total. The average Bonchev–Trinajstić information content (AvgIpc) is 3.25. The normalized spacial score (nSPS) is 17.6. The van der Waals surface area contributed by atoms with Crippen molar-refractivity contribution >= 4 is 29.1 Å². The third kappa shape index (κ3) is 5.41. The summed E-state index contributed by atoms with van der Waals surface area (Å²) in [6.45, 7) is 3.35. The Bertz CT molecular complexity index is 1180. The SMILES string of the molecule is Cc1cnc(C(=O)N2CC(CCOc3ccc(C#N)cn3)C(c3ccc(Cl)c(Cl)c3)C2)cn1. The minimum absolute atomic E-state index is 0.0691. The third-order valence-corrected chi connectivity index (χ3v) is 6.44. The van der Waals surface area contributed by atoms with Gasteiger partial charge in [-0.05, 0) is 43.0 Å². The van der Waals surface area contributed by atoms with Crippen LogP contribution in [0.25, 0.3) is 0 Å². The van der Waals surface area contributed by atoms with Gasteiger partial charge in [0.2, 0.25) is 5.88 Å². The molecule has 0 spiro atoms. The van der Waals surface area contributed by atoms with E-state index in [0.29, 0.717) is 53.3 Å². The van der Waals surface area contributed by atoms with E-state index in [-0.39, 0.29) is 17.7 Å². The number of ether oxygens (including phenoxy) is 1. The standard InChI is InChI=1S/C24H21Cl2N5O2/c1-15-10-29-22(12-28-15)24(32)31-13-18(6-7-33-23-5-2-16(9-27)11-30-23)19(14-31)17-3-4-20(25)21(26)8-17/h2-5,8,10-12,18-19H,6-7,13-14H2,1H3. The molecule has 1 amide bonds. The molecule has 4 rings (SSSR count). The molecule has 3 heterocycles. The molecule has 1 aliphatic rings. The van der Waals surface area contributed by atoms with Crippen LogP contribution >= 0.6 is 23.2 Å². The van der Waals surface area contributed by atoms with Crippen molar-refractivity contribution in [3.63, 3.8) is 0 Å². The summed E-state index contributed by atoms with van der Waals surface area (Å²) in [6.07, 6.45) is 5.29. The van der Waals surface area contributed by atoms with Gasteiger partial charge in [0.15, 0.2) is 0 Å². The molecule has 1 aliphatic heterocycles. The van der Waals surface area contributed by atoms with Crippen molar-refractivity contribution in [1.29, 1.82) is 5.26 Å². The van der Waals surface area contributed by atoms with Crippen molar-refractivity contribution < 1.29 is 9.53 Å². The highest BCUT2D eigenvalue weighted by molar-refractivity contribution is 6.42. The molecule has 0 radical (unpaired) electrons. The zero-order valence-electron chi connectivity index (χ0n) is 17.9. The first-order chi connectivity index (χ1) is 15.9. The first-order valence-corrected chi connectivity index (χ1v) is 11.2. The highest BCUT2D eigenvalue weighted by Crippen LogP contribution is 2.37. The van der Waals surface area contributed by atoms with E-state index in [1.165, 1.54) is 12.4 Å². The minimum Gasteiger partial charge on any atom is -0.478 e. The largest absolute Gasteiger partial charge is 0.478 e. The van der Waals surface area contributed by atoms with Crippen LogP contribution in [0, 0.1) is 24.2 Å². The second-order valence-electron chi connectivity index (χ2n) is 7.93. The highest BCUT2D eigenvalue weighted by atomic mass is 35.5. The molecule has 1 aromatic carbocycles. The van der Waals surface area contributed by atoms with E-state index in [9.17, 15) is 4.79 Å². The third-order valence-electron chi connectivity index (χ3n) is 5.70. The summed E-state index contributed by atoms with van der Waals surface area (Å²) in [4.78, 5) is 27.4. The van der Waals surface area contributed by atoms with Gasteiger partial charge in [0.25, 0.3) is 5.91 Å². The first kappa shape index (κ1) is 23.0. The van der Waals surface area contributed by atoms with Gasteiger partial charge in [0.1, 0.15) is 11.8 Å². The summed E-state index contributed by atoms with van der Waals surface area (Å²) < 4.78 is 5.79. The van der Waals surface area contributed by atoms with Crippen LogP contribution in [-0.2, 0) is 0 Å². The molecule has 7 nitrogen and oxygen atoms in total. The summed E-state index contributed by atoms with van der Waals surface area (Å²) in [6, 6.07) is 11.0. The van der Waals surface area contributed by atoms with Gasteiger partial charge < -0.3 is 9.64 Å². The van der Waals surface area contributed by atoms with Crippen LogP contribution in [0.5, 0.6) is 5.88 Å². The number of rotatable bonds is 6. The fourth-order valence-corrected chi connectivity index (χ4v) is 4.27. The molecule has 1 saturated heterocycles. The van der Waals surface area contributed by atoms with Crippen LogP contribution in [-0.4, -0.2) is 45.5 Å². The lowest BCUT2D eigenvalue weighted by Gasteiger charge is -2.19. The molecule has 2 unspecified atom stereocenters. The Balaban J connectivity index is 1.49. The van der Waals surface area contributed by atoms with Crippen molar-refractivity contribution in [2.45, 2.75) is 19.3 Å². The van der Waals surface area contributed by atoms with Crippen LogP contribution in [0.3, 0.4) is 0 Å². The molecular formula is C24H21Cl2N5O2. The molecule has 2 aromatic heterocycles. The number of aromatic nitrogens is 3. The lowest BCUT2D eigenvalue weighted by Crippen LogP contribution is -2.30. The molecule has 0 aliphatic carbocycles. The first-order valence-electron chi connectivity index (χ1n) is 10.5. The summed E-state index contributed by atoms with van der Waals surface area (Å²) in [5.41, 5.74) is 2.59. The van der Waals surface area contributed by atoms with E-state index in [1.807, 2.05) is 25.1 Å². The fraction of sp³-hybridized carbons (Fsp3) is 0.292. The van der Waals surface area contributed by atoms with Gasteiger partial charge in [0.05, 0.1) is 34.1 Å². The number of carbonyl (C=O) groups excluding carboxylic acids is 1. The van der Waals surface area contributed by atoms with Gasteiger partial charge >= 0.3 is 0 Å². The smallest absolute Gasteiger partial charge is 0.274 e. The molecule has 2 atom stereocenters. The molecule has 33 heavy (non-hydrogen) atoms. The topological polar surface area (TPSA) is 92.0 Å². The van der Waals surface area contributed by atoms with Crippen molar-refractivity contribution in [2.24, 2.45) is 5.92 Å². The van der Waals surface area contributed by atoms with Crippen LogP contribution in [0.2, 0.25) is 10.0 Å². The Morgan fingerprint density at radius 2 is 1.97 bits per heavy atom. The van der Waals surface area contributed by atoms with Gasteiger partial charge in [0, 0.05) is 37.5 Å². The minimum atomic E-state index is -0.148. The Morgan fingerprint density at radius 1 is 1.12 bits per heavy atom. The monoisotopic (exact) mass is 481 g/mol. The van der Waals surface area contributed by atoms with Crippen molar-refractivity contribution in [2.75, 3.05) is 19.7 Å². The molecule has 168 valence electrons. The number of hydrogen-bond donors (Lipinski definition) is 0. The van der Waals surface area contributed by atoms with Crippen LogP contribution in [0.15, 0.2) is 48.9 Å². The predicted octanol–water partition coefficient (Wildman–Crippen LogP) is 4.68. The summed E-state index contributed by atoms with van der Waals surface area (Å²) in [5.74, 6) is 0.522. The van der Waals surface area contributed by atoms with Gasteiger partial charge in [-0.25, -0.2) is 9.97 Å². The fourth-order valence-electron chi connectivity index (χ4n) is 3.96. The molecular weight excluding hydrogens is 461 g/mol. The maximum absolute atomic E-state index is 13.1. The van der Waals surface area contributed by atoms with Gasteiger partial charge in [-0.1, -0.05) is 29.3 Å². The van der Waals surface area contributed by atoms with E-state index in [4.69, 9.17) is 33.2 Å². The molecule has 9 heteroatoms. The van der Waals surface area contributed by atoms with Crippen molar-refractivity contribution in [1.82, 2.24) is 19.9 Å². The highest BCUT2D eigenvalue weighted by Gasteiger charge is 2.37. The van der Waals surface area contributed by atoms with E-state index >= 15 is 0 Å². The van der Waals surface area contributed by atoms with Crippen LogP contribution in [0.1, 0.15) is 39.6 Å². The number of nitriles is 1. The second-order valence-corrected chi connectivity index (χ2v) is 8.74. The quantitative estimate of drug-likeness (QED) is 0.507. The Hall–Kier alpha value is -3.21. The number of benzene rings is 1. The second kappa shape index (κ2) is 10.2. The molecule has 0 bridgehead atoms. The van der Waals surface area contributed by atoms with Gasteiger partial charge in [-0.3, -0.25) is 9.78 Å². The summed E-state index contributed by atoms with van der Waals surface area (Å²) in [5, 5.41) is 9.88. The lowest BCUT2D eigenvalue weighted by atomic mass is 9.87. The Kier molecular flexibility index (Phi) is 7.07. The number of pyridine rings is 1. The number of aryl methyl sites for hydroxylation is 1. The Morgan fingerprint density at radius 3 is 2.64 bits per heavy atom. The van der Waals surface area contributed by atoms with Gasteiger partial charge in [-0.2, -0.15) is 5.26 Å². The number of carbonyl (C=O) groups is 1. The van der Waals surface area contributed by atoms with Gasteiger partial charge in [-0.15, -0.1) is 0 Å². The number of nitrogens with zero attached hydrogens (tertiary/aromatic N) is 5. The summed E-state index contributed by atoms with van der Waals surface area (Å²) >= 11 is 12.4. The number of halogens is 2. The zero-order valence-corrected chi connectivity index (χ0v) is 19.4. The van der Waals surface area contributed by atoms with E-state index in [0.717, 1.165) is 11.3 Å². The van der Waals surface area contributed by atoms with Crippen molar-refractivity contribution in [3.8, 4) is 11.9 Å². The van der Waals surface area contributed by atoms with Crippen molar-refractivity contribution in [3.05, 3.63) is 81.5 Å². The number of likely N-dealkylation sites (tertiary alicyclic amines) is 1. The molecule has 0 saturated carbocycles.